The van der Waals surface area contributed by atoms with Crippen LogP contribution in [0.2, 0.25) is 0 Å². The molecular weight excluding hydrogens is 334 g/mol. The molecule has 0 spiro atoms. The van der Waals surface area contributed by atoms with Crippen LogP contribution in [0, 0.1) is 0 Å². The van der Waals surface area contributed by atoms with Crippen LogP contribution in [-0.2, 0) is 6.54 Å². The van der Waals surface area contributed by atoms with Crippen molar-refractivity contribution in [2.45, 2.75) is 18.3 Å². The Balaban J connectivity index is 2.11. The van der Waals surface area contributed by atoms with E-state index in [-0.39, 0.29) is 4.83 Å². The van der Waals surface area contributed by atoms with Crippen molar-refractivity contribution < 1.29 is 0 Å². The van der Waals surface area contributed by atoms with Crippen molar-refractivity contribution in [3.63, 3.8) is 0 Å². The molecular formula is C11H11Br2N3. The number of halogens is 2. The number of rotatable bonds is 3. The van der Waals surface area contributed by atoms with Gasteiger partial charge in [-0.05, 0) is 24.6 Å². The summed E-state index contributed by atoms with van der Waals surface area (Å²) < 4.78 is 2.93. The fourth-order valence-electron chi connectivity index (χ4n) is 1.35. The maximum Gasteiger partial charge on any atom is 0.0960 e. The summed E-state index contributed by atoms with van der Waals surface area (Å²) in [6.45, 7) is 2.79. The molecule has 0 aliphatic rings. The topological polar surface area (TPSA) is 30.7 Å². The molecule has 1 aromatic heterocycles. The number of benzene rings is 1. The molecule has 0 saturated carbocycles. The lowest BCUT2D eigenvalue weighted by Gasteiger charge is -2.00. The van der Waals surface area contributed by atoms with Gasteiger partial charge in [0, 0.05) is 10.7 Å². The number of alkyl halides is 1. The first-order chi connectivity index (χ1) is 7.65. The van der Waals surface area contributed by atoms with Crippen molar-refractivity contribution in [2.75, 3.05) is 0 Å². The van der Waals surface area contributed by atoms with E-state index < -0.39 is 0 Å². The molecule has 0 N–H and O–H groups in total. The summed E-state index contributed by atoms with van der Waals surface area (Å²) in [7, 11) is 0. The first kappa shape index (κ1) is 11.8. The van der Waals surface area contributed by atoms with Crippen LogP contribution in [0.5, 0.6) is 0 Å². The molecule has 0 fully saturated rings. The van der Waals surface area contributed by atoms with Crippen LogP contribution in [0.25, 0.3) is 0 Å². The summed E-state index contributed by atoms with van der Waals surface area (Å²) in [6.07, 6.45) is 1.96. The Kier molecular flexibility index (Phi) is 3.76. The third-order valence-corrected chi connectivity index (χ3v) is 3.22. The van der Waals surface area contributed by atoms with Gasteiger partial charge in [-0.25, -0.2) is 4.68 Å². The van der Waals surface area contributed by atoms with E-state index in [1.807, 2.05) is 29.9 Å². The molecule has 3 nitrogen and oxygen atoms in total. The molecule has 0 saturated heterocycles. The van der Waals surface area contributed by atoms with Gasteiger partial charge in [0.25, 0.3) is 0 Å². The maximum absolute atomic E-state index is 4.09. The van der Waals surface area contributed by atoms with E-state index in [0.717, 1.165) is 16.7 Å². The Morgan fingerprint density at radius 1 is 1.31 bits per heavy atom. The Labute approximate surface area is 111 Å². The second-order valence-electron chi connectivity index (χ2n) is 3.58. The summed E-state index contributed by atoms with van der Waals surface area (Å²) in [5.41, 5.74) is 2.17. The largest absolute Gasteiger partial charge is 0.248 e. The molecule has 1 heterocycles. The normalized spacial score (nSPS) is 12.7. The zero-order valence-electron chi connectivity index (χ0n) is 8.77. The Morgan fingerprint density at radius 2 is 2.00 bits per heavy atom. The molecule has 1 atom stereocenters. The van der Waals surface area contributed by atoms with Crippen molar-refractivity contribution in [2.24, 2.45) is 0 Å². The van der Waals surface area contributed by atoms with Gasteiger partial charge in [0.15, 0.2) is 0 Å². The highest BCUT2D eigenvalue weighted by Crippen LogP contribution is 2.18. The summed E-state index contributed by atoms with van der Waals surface area (Å²) in [5.74, 6) is 0. The van der Waals surface area contributed by atoms with Gasteiger partial charge in [-0.15, -0.1) is 5.10 Å². The quantitative estimate of drug-likeness (QED) is 0.797. The van der Waals surface area contributed by atoms with Crippen LogP contribution in [0.3, 0.4) is 0 Å². The van der Waals surface area contributed by atoms with Gasteiger partial charge in [0.05, 0.1) is 17.1 Å². The van der Waals surface area contributed by atoms with Gasteiger partial charge in [-0.1, -0.05) is 49.2 Å². The van der Waals surface area contributed by atoms with Gasteiger partial charge >= 0.3 is 0 Å². The Morgan fingerprint density at radius 3 is 2.56 bits per heavy atom. The lowest BCUT2D eigenvalue weighted by atomic mass is 10.2. The van der Waals surface area contributed by atoms with E-state index in [1.165, 1.54) is 5.56 Å². The standard InChI is InChI=1S/C11H11Br2N3/c1-8(12)11-7-16(15-14-11)6-9-2-4-10(13)5-3-9/h2-5,7-8H,6H2,1H3. The number of hydrogen-bond acceptors (Lipinski definition) is 2. The minimum absolute atomic E-state index is 0.242. The third-order valence-electron chi connectivity index (χ3n) is 2.22. The van der Waals surface area contributed by atoms with Gasteiger partial charge in [-0.2, -0.15) is 0 Å². The molecule has 16 heavy (non-hydrogen) atoms. The molecule has 5 heteroatoms. The van der Waals surface area contributed by atoms with Crippen molar-refractivity contribution >= 4 is 31.9 Å². The Bertz CT molecular complexity index is 462. The van der Waals surface area contributed by atoms with Crippen molar-refractivity contribution in [1.82, 2.24) is 15.0 Å². The fourth-order valence-corrected chi connectivity index (χ4v) is 1.82. The van der Waals surface area contributed by atoms with E-state index in [0.29, 0.717) is 0 Å². The van der Waals surface area contributed by atoms with Crippen LogP contribution < -0.4 is 0 Å². The Hall–Kier alpha value is -0.680. The van der Waals surface area contributed by atoms with Crippen molar-refractivity contribution in [3.05, 3.63) is 46.2 Å². The predicted molar refractivity (Wildman–Crippen MR) is 70.6 cm³/mol. The monoisotopic (exact) mass is 343 g/mol. The predicted octanol–water partition coefficient (Wildman–Crippen LogP) is 3.54. The smallest absolute Gasteiger partial charge is 0.0960 e. The number of nitrogens with zero attached hydrogens (tertiary/aromatic N) is 3. The van der Waals surface area contributed by atoms with E-state index >= 15 is 0 Å². The highest BCUT2D eigenvalue weighted by Gasteiger charge is 2.06. The van der Waals surface area contributed by atoms with E-state index in [4.69, 9.17) is 0 Å². The number of aromatic nitrogens is 3. The summed E-state index contributed by atoms with van der Waals surface area (Å²) in [4.78, 5) is 0.242. The molecule has 0 bridgehead atoms. The van der Waals surface area contributed by atoms with Gasteiger partial charge in [0.1, 0.15) is 0 Å². The minimum atomic E-state index is 0.242. The zero-order chi connectivity index (χ0) is 11.5. The fraction of sp³-hybridized carbons (Fsp3) is 0.273. The first-order valence-electron chi connectivity index (χ1n) is 4.93. The van der Waals surface area contributed by atoms with Crippen molar-refractivity contribution in [1.29, 1.82) is 0 Å². The first-order valence-corrected chi connectivity index (χ1v) is 6.64. The second-order valence-corrected chi connectivity index (χ2v) is 5.87. The molecule has 0 aliphatic heterocycles. The minimum Gasteiger partial charge on any atom is -0.248 e. The molecule has 2 aromatic rings. The van der Waals surface area contributed by atoms with Crippen LogP contribution in [0.15, 0.2) is 34.9 Å². The van der Waals surface area contributed by atoms with Gasteiger partial charge < -0.3 is 0 Å². The highest BCUT2D eigenvalue weighted by molar-refractivity contribution is 9.10. The SMILES string of the molecule is CC(Br)c1cn(Cc2ccc(Br)cc2)nn1. The molecule has 84 valence electrons. The molecule has 0 amide bonds. The van der Waals surface area contributed by atoms with E-state index in [2.05, 4.69) is 54.3 Å². The summed E-state index contributed by atoms with van der Waals surface area (Å²) in [5, 5.41) is 8.17. The van der Waals surface area contributed by atoms with Crippen LogP contribution >= 0.6 is 31.9 Å². The lowest BCUT2D eigenvalue weighted by molar-refractivity contribution is 0.649. The molecule has 0 aliphatic carbocycles. The van der Waals surface area contributed by atoms with E-state index in [1.54, 1.807) is 0 Å². The van der Waals surface area contributed by atoms with Crippen LogP contribution in [0.4, 0.5) is 0 Å². The van der Waals surface area contributed by atoms with E-state index in [9.17, 15) is 0 Å². The average Bonchev–Trinajstić information content (AvgIpc) is 2.70. The summed E-state index contributed by atoms with van der Waals surface area (Å²) in [6, 6.07) is 8.20. The number of hydrogen-bond donors (Lipinski definition) is 0. The molecule has 1 aromatic carbocycles. The van der Waals surface area contributed by atoms with Crippen LogP contribution in [0.1, 0.15) is 23.0 Å². The second kappa shape index (κ2) is 5.10. The van der Waals surface area contributed by atoms with Gasteiger partial charge in [-0.3, -0.25) is 0 Å². The van der Waals surface area contributed by atoms with Crippen LogP contribution in [-0.4, -0.2) is 15.0 Å². The average molecular weight is 345 g/mol. The van der Waals surface area contributed by atoms with Gasteiger partial charge in [0.2, 0.25) is 0 Å². The zero-order valence-corrected chi connectivity index (χ0v) is 11.9. The molecule has 0 radical (unpaired) electrons. The molecule has 1 unspecified atom stereocenters. The summed E-state index contributed by atoms with van der Waals surface area (Å²) >= 11 is 6.88. The lowest BCUT2D eigenvalue weighted by Crippen LogP contribution is -1.99. The van der Waals surface area contributed by atoms with Crippen molar-refractivity contribution in [3.8, 4) is 0 Å². The maximum atomic E-state index is 4.09. The third kappa shape index (κ3) is 2.92. The molecule has 2 rings (SSSR count). The highest BCUT2D eigenvalue weighted by atomic mass is 79.9.